The zero-order valence-electron chi connectivity index (χ0n) is 7.83. The van der Waals surface area contributed by atoms with Crippen LogP contribution in [-0.4, -0.2) is 15.7 Å². The van der Waals surface area contributed by atoms with E-state index in [0.717, 1.165) is 16.7 Å². The standard InChI is InChI=1S/C9H13ClN2S/c1-7(2)4-6-13-8-3-5-11-9(10)12-8/h3,5,7H,4,6H2,1-2H3. The monoisotopic (exact) mass is 216 g/mol. The molecule has 0 aliphatic carbocycles. The lowest BCUT2D eigenvalue weighted by Gasteiger charge is -2.03. The first-order chi connectivity index (χ1) is 6.18. The first-order valence-corrected chi connectivity index (χ1v) is 5.66. The van der Waals surface area contributed by atoms with E-state index < -0.39 is 0 Å². The number of thioether (sulfide) groups is 1. The fourth-order valence-corrected chi connectivity index (χ4v) is 2.10. The van der Waals surface area contributed by atoms with Crippen molar-refractivity contribution in [2.24, 2.45) is 5.92 Å². The van der Waals surface area contributed by atoms with Crippen molar-refractivity contribution in [3.8, 4) is 0 Å². The molecule has 0 fully saturated rings. The Kier molecular flexibility index (Phi) is 4.53. The predicted molar refractivity (Wildman–Crippen MR) is 57.2 cm³/mol. The van der Waals surface area contributed by atoms with E-state index in [4.69, 9.17) is 11.6 Å². The van der Waals surface area contributed by atoms with Gasteiger partial charge in [-0.05, 0) is 35.8 Å². The molecule has 0 atom stereocenters. The molecule has 0 aliphatic heterocycles. The average Bonchev–Trinajstić information content (AvgIpc) is 2.03. The van der Waals surface area contributed by atoms with Gasteiger partial charge in [-0.1, -0.05) is 13.8 Å². The van der Waals surface area contributed by atoms with Crippen molar-refractivity contribution in [2.45, 2.75) is 25.3 Å². The van der Waals surface area contributed by atoms with Crippen LogP contribution in [-0.2, 0) is 0 Å². The smallest absolute Gasteiger partial charge is 0.223 e. The third kappa shape index (κ3) is 4.48. The minimum absolute atomic E-state index is 0.328. The molecule has 0 bridgehead atoms. The number of aromatic nitrogens is 2. The molecule has 0 amide bonds. The van der Waals surface area contributed by atoms with Crippen molar-refractivity contribution in [3.63, 3.8) is 0 Å². The van der Waals surface area contributed by atoms with Gasteiger partial charge in [-0.25, -0.2) is 9.97 Å². The van der Waals surface area contributed by atoms with E-state index in [1.165, 1.54) is 6.42 Å². The molecule has 0 radical (unpaired) electrons. The Morgan fingerprint density at radius 1 is 1.54 bits per heavy atom. The highest BCUT2D eigenvalue weighted by Gasteiger charge is 1.99. The molecule has 2 nitrogen and oxygen atoms in total. The molecule has 1 heterocycles. The topological polar surface area (TPSA) is 25.8 Å². The predicted octanol–water partition coefficient (Wildman–Crippen LogP) is 3.27. The van der Waals surface area contributed by atoms with Crippen molar-refractivity contribution in [2.75, 3.05) is 5.75 Å². The largest absolute Gasteiger partial charge is 0.226 e. The lowest BCUT2D eigenvalue weighted by molar-refractivity contribution is 0.632. The fourth-order valence-electron chi connectivity index (χ4n) is 0.799. The Labute approximate surface area is 88.1 Å². The number of hydrogen-bond acceptors (Lipinski definition) is 3. The number of rotatable bonds is 4. The van der Waals surface area contributed by atoms with Crippen LogP contribution in [0.1, 0.15) is 20.3 Å². The quantitative estimate of drug-likeness (QED) is 0.439. The normalized spacial score (nSPS) is 10.8. The van der Waals surface area contributed by atoms with Crippen LogP contribution >= 0.6 is 23.4 Å². The zero-order valence-corrected chi connectivity index (χ0v) is 9.40. The molecule has 0 N–H and O–H groups in total. The maximum absolute atomic E-state index is 5.65. The van der Waals surface area contributed by atoms with Gasteiger partial charge in [0.1, 0.15) is 5.03 Å². The van der Waals surface area contributed by atoms with E-state index in [9.17, 15) is 0 Å². The van der Waals surface area contributed by atoms with Crippen molar-refractivity contribution in [3.05, 3.63) is 17.5 Å². The lowest BCUT2D eigenvalue weighted by Crippen LogP contribution is -1.91. The van der Waals surface area contributed by atoms with Crippen LogP contribution in [0.5, 0.6) is 0 Å². The summed E-state index contributed by atoms with van der Waals surface area (Å²) in [6, 6.07) is 1.89. The van der Waals surface area contributed by atoms with E-state index in [-0.39, 0.29) is 0 Å². The molecule has 0 unspecified atom stereocenters. The molecule has 0 saturated carbocycles. The Bertz CT molecular complexity index is 266. The third-order valence-electron chi connectivity index (χ3n) is 1.55. The Hall–Kier alpha value is -0.280. The summed E-state index contributed by atoms with van der Waals surface area (Å²) in [6.45, 7) is 4.43. The van der Waals surface area contributed by atoms with Crippen LogP contribution in [0.2, 0.25) is 5.28 Å². The summed E-state index contributed by atoms with van der Waals surface area (Å²) < 4.78 is 0. The molecule has 1 aromatic heterocycles. The second-order valence-electron chi connectivity index (χ2n) is 3.19. The lowest BCUT2D eigenvalue weighted by atomic mass is 10.2. The summed E-state index contributed by atoms with van der Waals surface area (Å²) in [6.07, 6.45) is 2.89. The maximum atomic E-state index is 5.65. The summed E-state index contributed by atoms with van der Waals surface area (Å²) in [7, 11) is 0. The molecule has 1 aromatic rings. The fraction of sp³-hybridized carbons (Fsp3) is 0.556. The highest BCUT2D eigenvalue weighted by atomic mass is 35.5. The molecule has 0 spiro atoms. The van der Waals surface area contributed by atoms with E-state index in [1.807, 2.05) is 6.07 Å². The van der Waals surface area contributed by atoms with Gasteiger partial charge in [0.25, 0.3) is 0 Å². The summed E-state index contributed by atoms with van der Waals surface area (Å²) >= 11 is 7.38. The van der Waals surface area contributed by atoms with Gasteiger partial charge in [-0.3, -0.25) is 0 Å². The average molecular weight is 217 g/mol. The molecular formula is C9H13ClN2S. The van der Waals surface area contributed by atoms with Gasteiger partial charge in [-0.2, -0.15) is 0 Å². The second kappa shape index (κ2) is 5.45. The minimum atomic E-state index is 0.328. The first-order valence-electron chi connectivity index (χ1n) is 4.30. The summed E-state index contributed by atoms with van der Waals surface area (Å²) in [4.78, 5) is 7.91. The highest BCUT2D eigenvalue weighted by molar-refractivity contribution is 7.99. The molecular weight excluding hydrogens is 204 g/mol. The van der Waals surface area contributed by atoms with Crippen LogP contribution in [0.25, 0.3) is 0 Å². The van der Waals surface area contributed by atoms with Crippen LogP contribution in [0.4, 0.5) is 0 Å². The molecule has 0 aromatic carbocycles. The Morgan fingerprint density at radius 2 is 2.31 bits per heavy atom. The van der Waals surface area contributed by atoms with Crippen molar-refractivity contribution in [1.29, 1.82) is 0 Å². The molecule has 13 heavy (non-hydrogen) atoms. The molecule has 4 heteroatoms. The highest BCUT2D eigenvalue weighted by Crippen LogP contribution is 2.18. The van der Waals surface area contributed by atoms with E-state index in [1.54, 1.807) is 18.0 Å². The number of halogens is 1. The van der Waals surface area contributed by atoms with Gasteiger partial charge in [0, 0.05) is 6.20 Å². The molecule has 72 valence electrons. The van der Waals surface area contributed by atoms with Crippen molar-refractivity contribution in [1.82, 2.24) is 9.97 Å². The third-order valence-corrected chi connectivity index (χ3v) is 2.69. The first kappa shape index (κ1) is 10.8. The van der Waals surface area contributed by atoms with Crippen LogP contribution in [0.3, 0.4) is 0 Å². The van der Waals surface area contributed by atoms with Gasteiger partial charge in [-0.15, -0.1) is 11.8 Å². The zero-order chi connectivity index (χ0) is 9.68. The molecule has 0 saturated heterocycles. The van der Waals surface area contributed by atoms with Crippen LogP contribution < -0.4 is 0 Å². The summed E-state index contributed by atoms with van der Waals surface area (Å²) in [5.41, 5.74) is 0. The van der Waals surface area contributed by atoms with Gasteiger partial charge < -0.3 is 0 Å². The maximum Gasteiger partial charge on any atom is 0.223 e. The second-order valence-corrected chi connectivity index (χ2v) is 4.65. The minimum Gasteiger partial charge on any atom is -0.226 e. The van der Waals surface area contributed by atoms with Crippen molar-refractivity contribution >= 4 is 23.4 Å². The number of nitrogens with zero attached hydrogens (tertiary/aromatic N) is 2. The number of hydrogen-bond donors (Lipinski definition) is 0. The van der Waals surface area contributed by atoms with Gasteiger partial charge >= 0.3 is 0 Å². The van der Waals surface area contributed by atoms with E-state index >= 15 is 0 Å². The summed E-state index contributed by atoms with van der Waals surface area (Å²) in [5, 5.41) is 1.29. The van der Waals surface area contributed by atoms with Gasteiger partial charge in [0.2, 0.25) is 5.28 Å². The van der Waals surface area contributed by atoms with Gasteiger partial charge in [0.05, 0.1) is 0 Å². The van der Waals surface area contributed by atoms with E-state index in [2.05, 4.69) is 23.8 Å². The van der Waals surface area contributed by atoms with Crippen LogP contribution in [0.15, 0.2) is 17.3 Å². The SMILES string of the molecule is CC(C)CCSc1ccnc(Cl)n1. The Morgan fingerprint density at radius 3 is 2.92 bits per heavy atom. The van der Waals surface area contributed by atoms with E-state index in [0.29, 0.717) is 5.28 Å². The van der Waals surface area contributed by atoms with Crippen molar-refractivity contribution < 1.29 is 0 Å². The Balaban J connectivity index is 2.37. The van der Waals surface area contributed by atoms with Crippen LogP contribution in [0, 0.1) is 5.92 Å². The molecule has 1 rings (SSSR count). The van der Waals surface area contributed by atoms with Gasteiger partial charge in [0.15, 0.2) is 0 Å². The summed E-state index contributed by atoms with van der Waals surface area (Å²) in [5.74, 6) is 1.83. The molecule has 0 aliphatic rings.